The Morgan fingerprint density at radius 2 is 0.843 bits per heavy atom. The quantitative estimate of drug-likeness (QED) is 0.176. The molecule has 70 heavy (non-hydrogen) atoms. The first-order chi connectivity index (χ1) is 34.6. The minimum atomic E-state index is 0.559. The Balaban J connectivity index is 0.948. The van der Waals surface area contributed by atoms with Gasteiger partial charge in [0.1, 0.15) is 11.2 Å². The monoisotopic (exact) mass is 926 g/mol. The van der Waals surface area contributed by atoms with Crippen molar-refractivity contribution in [2.75, 3.05) is 0 Å². The lowest BCUT2D eigenvalue weighted by Gasteiger charge is -2.13. The van der Waals surface area contributed by atoms with Crippen LogP contribution in [0.25, 0.3) is 156 Å². The summed E-state index contributed by atoms with van der Waals surface area (Å²) >= 11 is 3.59. The summed E-state index contributed by atoms with van der Waals surface area (Å²) in [6.07, 6.45) is 0. The lowest BCUT2D eigenvalue weighted by atomic mass is 9.99. The van der Waals surface area contributed by atoms with E-state index in [4.69, 9.17) is 19.4 Å². The van der Waals surface area contributed by atoms with E-state index in [9.17, 15) is 0 Å². The van der Waals surface area contributed by atoms with E-state index in [1.807, 2.05) is 6.07 Å². The molecule has 16 aromatic rings. The van der Waals surface area contributed by atoms with Gasteiger partial charge in [-0.1, -0.05) is 133 Å². The third kappa shape index (κ3) is 5.61. The lowest BCUT2D eigenvalue weighted by Crippen LogP contribution is -2.00. The Morgan fingerprint density at radius 1 is 0.343 bits per heavy atom. The zero-order chi connectivity index (χ0) is 45.6. The fourth-order valence-corrected chi connectivity index (χ4v) is 13.4. The molecule has 0 aliphatic rings. The van der Waals surface area contributed by atoms with Gasteiger partial charge in [-0.3, -0.25) is 0 Å². The van der Waals surface area contributed by atoms with Gasteiger partial charge in [0.25, 0.3) is 0 Å². The number of hydrogen-bond donors (Lipinski definition) is 0. The molecule has 0 bridgehead atoms. The van der Waals surface area contributed by atoms with Crippen LogP contribution in [0.15, 0.2) is 211 Å². The largest absolute Gasteiger partial charge is 0.455 e. The molecule has 0 aliphatic heterocycles. The van der Waals surface area contributed by atoms with Crippen LogP contribution in [0.2, 0.25) is 0 Å². The van der Waals surface area contributed by atoms with Crippen LogP contribution in [0.3, 0.4) is 0 Å². The van der Waals surface area contributed by atoms with Crippen LogP contribution >= 0.6 is 22.7 Å². The van der Waals surface area contributed by atoms with Gasteiger partial charge in [0, 0.05) is 78.7 Å². The Hall–Kier alpha value is -8.75. The Morgan fingerprint density at radius 3 is 1.44 bits per heavy atom. The number of thiophene rings is 2. The standard InChI is InChI=1S/C63H34N4OS2/c1-3-13-37-30-52-49(27-35(37)11-1)50-28-36-12-2-4-14-38(36)31-53(50)67(52)42-24-21-39-29-51(60-59(48(39)34-42)47-17-5-8-18-54(47)68-60)63-65-61(40-22-25-45-43-15-6-9-19-55(43)69-57(45)32-40)64-62(66-63)41-23-26-46-44-16-7-10-20-56(44)70-58(46)33-41/h1-34H. The molecule has 0 radical (unpaired) electrons. The summed E-state index contributed by atoms with van der Waals surface area (Å²) in [7, 11) is 0. The molecule has 0 aliphatic carbocycles. The maximum atomic E-state index is 6.98. The summed E-state index contributed by atoms with van der Waals surface area (Å²) in [6.45, 7) is 0. The average molecular weight is 927 g/mol. The summed E-state index contributed by atoms with van der Waals surface area (Å²) < 4.78 is 14.3. The van der Waals surface area contributed by atoms with Gasteiger partial charge < -0.3 is 8.98 Å². The molecule has 0 saturated carbocycles. The molecule has 0 saturated heterocycles. The lowest BCUT2D eigenvalue weighted by molar-refractivity contribution is 0.670. The van der Waals surface area contributed by atoms with E-state index in [0.717, 1.165) is 55.1 Å². The van der Waals surface area contributed by atoms with E-state index in [0.29, 0.717) is 17.5 Å². The first kappa shape index (κ1) is 38.2. The number of nitrogens with zero attached hydrogens (tertiary/aromatic N) is 4. The highest BCUT2D eigenvalue weighted by Gasteiger charge is 2.23. The van der Waals surface area contributed by atoms with Crippen molar-refractivity contribution in [2.24, 2.45) is 0 Å². The molecule has 5 nitrogen and oxygen atoms in total. The fourth-order valence-electron chi connectivity index (χ4n) is 11.1. The van der Waals surface area contributed by atoms with Gasteiger partial charge >= 0.3 is 0 Å². The van der Waals surface area contributed by atoms with Gasteiger partial charge in [-0.25, -0.2) is 15.0 Å². The SMILES string of the molecule is c1ccc2cc3c(cc2c1)c1cc2ccccc2cc1n3-c1ccc2cc(-c3nc(-c4ccc5c(c4)sc4ccccc45)nc(-c4ccc5c(c4)sc4ccccc45)n3)c3oc4ccccc4c3c2c1. The van der Waals surface area contributed by atoms with Crippen molar-refractivity contribution in [3.8, 4) is 39.9 Å². The van der Waals surface area contributed by atoms with Crippen LogP contribution in [0, 0.1) is 0 Å². The highest BCUT2D eigenvalue weighted by Crippen LogP contribution is 2.44. The Bertz CT molecular complexity index is 4690. The summed E-state index contributed by atoms with van der Waals surface area (Å²) in [5.74, 6) is 1.79. The van der Waals surface area contributed by atoms with Crippen molar-refractivity contribution in [2.45, 2.75) is 0 Å². The number of rotatable bonds is 4. The van der Waals surface area contributed by atoms with Gasteiger partial charge in [-0.15, -0.1) is 22.7 Å². The second-order valence-corrected chi connectivity index (χ2v) is 20.5. The van der Waals surface area contributed by atoms with Crippen LogP contribution in [0.5, 0.6) is 0 Å². The van der Waals surface area contributed by atoms with Crippen molar-refractivity contribution in [1.82, 2.24) is 19.5 Å². The van der Waals surface area contributed by atoms with Crippen LogP contribution in [-0.2, 0) is 0 Å². The number of furan rings is 1. The van der Waals surface area contributed by atoms with Crippen molar-refractivity contribution in [3.05, 3.63) is 206 Å². The molecule has 0 N–H and O–H groups in total. The number of para-hydroxylation sites is 1. The zero-order valence-corrected chi connectivity index (χ0v) is 38.8. The predicted octanol–water partition coefficient (Wildman–Crippen LogP) is 18.1. The van der Waals surface area contributed by atoms with E-state index in [-0.39, 0.29) is 0 Å². The third-order valence-corrected chi connectivity index (χ3v) is 16.6. The molecule has 0 amide bonds. The van der Waals surface area contributed by atoms with Crippen molar-refractivity contribution >= 4 is 139 Å². The number of fused-ring (bicyclic) bond motifs is 16. The molecule has 0 fully saturated rings. The number of aromatic nitrogens is 4. The average Bonchev–Trinajstić information content (AvgIpc) is 4.17. The van der Waals surface area contributed by atoms with Gasteiger partial charge in [0.2, 0.25) is 0 Å². The smallest absolute Gasteiger partial charge is 0.167 e. The summed E-state index contributed by atoms with van der Waals surface area (Å²) in [6, 6.07) is 74.5. The topological polar surface area (TPSA) is 56.7 Å². The van der Waals surface area contributed by atoms with Crippen LogP contribution < -0.4 is 0 Å². The van der Waals surface area contributed by atoms with E-state index in [2.05, 4.69) is 205 Å². The van der Waals surface area contributed by atoms with Gasteiger partial charge in [-0.2, -0.15) is 0 Å². The first-order valence-corrected chi connectivity index (χ1v) is 25.1. The molecule has 0 unspecified atom stereocenters. The summed E-state index contributed by atoms with van der Waals surface area (Å²) in [5.41, 5.74) is 7.66. The zero-order valence-electron chi connectivity index (χ0n) is 37.1. The van der Waals surface area contributed by atoms with Crippen LogP contribution in [-0.4, -0.2) is 19.5 Å². The van der Waals surface area contributed by atoms with E-state index in [1.165, 1.54) is 83.7 Å². The number of benzene rings is 11. The minimum absolute atomic E-state index is 0.559. The summed E-state index contributed by atoms with van der Waals surface area (Å²) in [5, 5.41) is 16.5. The molecule has 16 rings (SSSR count). The molecule has 0 atom stereocenters. The first-order valence-electron chi connectivity index (χ1n) is 23.5. The summed E-state index contributed by atoms with van der Waals surface area (Å²) in [4.78, 5) is 16.1. The van der Waals surface area contributed by atoms with E-state index < -0.39 is 0 Å². The second-order valence-electron chi connectivity index (χ2n) is 18.3. The molecule has 0 spiro atoms. The molecule has 5 aromatic heterocycles. The molecular formula is C63H34N4OS2. The van der Waals surface area contributed by atoms with Gasteiger partial charge in [0.05, 0.1) is 16.6 Å². The minimum Gasteiger partial charge on any atom is -0.455 e. The number of hydrogen-bond acceptors (Lipinski definition) is 6. The molecule has 11 aromatic carbocycles. The maximum Gasteiger partial charge on any atom is 0.167 e. The molecule has 324 valence electrons. The van der Waals surface area contributed by atoms with Crippen molar-refractivity contribution in [1.29, 1.82) is 0 Å². The highest BCUT2D eigenvalue weighted by atomic mass is 32.1. The van der Waals surface area contributed by atoms with Crippen molar-refractivity contribution < 1.29 is 4.42 Å². The van der Waals surface area contributed by atoms with Crippen LogP contribution in [0.4, 0.5) is 0 Å². The molecule has 5 heterocycles. The van der Waals surface area contributed by atoms with E-state index in [1.54, 1.807) is 22.7 Å². The predicted molar refractivity (Wildman–Crippen MR) is 296 cm³/mol. The third-order valence-electron chi connectivity index (χ3n) is 14.4. The van der Waals surface area contributed by atoms with Crippen molar-refractivity contribution in [3.63, 3.8) is 0 Å². The maximum absolute atomic E-state index is 6.98. The Labute approximate surface area is 406 Å². The molecular weight excluding hydrogens is 893 g/mol. The highest BCUT2D eigenvalue weighted by molar-refractivity contribution is 7.26. The Kier molecular flexibility index (Phi) is 7.86. The van der Waals surface area contributed by atoms with Crippen LogP contribution in [0.1, 0.15) is 0 Å². The fraction of sp³-hybridized carbons (Fsp3) is 0. The van der Waals surface area contributed by atoms with Gasteiger partial charge in [-0.05, 0) is 105 Å². The molecule has 7 heteroatoms. The van der Waals surface area contributed by atoms with Gasteiger partial charge in [0.15, 0.2) is 17.5 Å². The normalized spacial score (nSPS) is 12.3. The van der Waals surface area contributed by atoms with E-state index >= 15 is 0 Å². The second kappa shape index (κ2) is 14.4.